The normalized spacial score (nSPS) is 17.9. The summed E-state index contributed by atoms with van der Waals surface area (Å²) in [6, 6.07) is 11.3. The topological polar surface area (TPSA) is 110 Å². The Balaban J connectivity index is 1.62. The number of hydrogen-bond donors (Lipinski definition) is 2. The predicted octanol–water partition coefficient (Wildman–Crippen LogP) is 3.11. The van der Waals surface area contributed by atoms with Crippen molar-refractivity contribution >= 4 is 46.8 Å². The second-order valence-corrected chi connectivity index (χ2v) is 8.79. The number of carboxylic acids is 1. The van der Waals surface area contributed by atoms with Gasteiger partial charge < -0.3 is 25.1 Å². The average Bonchev–Trinajstić information content (AvgIpc) is 3.18. The molecule has 34 heavy (non-hydrogen) atoms. The molecule has 4 amide bonds. The van der Waals surface area contributed by atoms with E-state index in [4.69, 9.17) is 16.7 Å². The highest BCUT2D eigenvalue weighted by Gasteiger charge is 2.32. The molecule has 1 saturated heterocycles. The molecule has 1 atom stereocenters. The van der Waals surface area contributed by atoms with Gasteiger partial charge in [0.2, 0.25) is 5.91 Å². The van der Waals surface area contributed by atoms with Crippen molar-refractivity contribution in [1.29, 1.82) is 0 Å². The van der Waals surface area contributed by atoms with Crippen LogP contribution in [0.25, 0.3) is 0 Å². The number of urea groups is 1. The van der Waals surface area contributed by atoms with Crippen molar-refractivity contribution in [3.63, 3.8) is 0 Å². The molecule has 2 aromatic rings. The van der Waals surface area contributed by atoms with Gasteiger partial charge in [-0.05, 0) is 43.2 Å². The number of fused-ring (bicyclic) bond motifs is 1. The van der Waals surface area contributed by atoms with Crippen LogP contribution < -0.4 is 15.1 Å². The standard InChI is InChI=1S/C24H25ClN4O5/c1-15-13-29(20-6-3-2-5-16(20)14-28(15)24(34)26-12-22(31)32)23(33)18-9-8-17(11-19(18)25)27-10-4-7-21(27)30/h2-3,5-6,8-9,11,15H,4,7,10,12-14H2,1H3,(H,26,34)(H,31,32)/t15-/m1/s1. The summed E-state index contributed by atoms with van der Waals surface area (Å²) in [4.78, 5) is 54.0. The van der Waals surface area contributed by atoms with Crippen molar-refractivity contribution in [3.05, 3.63) is 58.6 Å². The molecular formula is C24H25ClN4O5. The number of carbonyl (C=O) groups excluding carboxylic acids is 3. The summed E-state index contributed by atoms with van der Waals surface area (Å²) in [5.41, 5.74) is 2.36. The van der Waals surface area contributed by atoms with Crippen molar-refractivity contribution in [2.75, 3.05) is 29.4 Å². The number of halogens is 1. The molecule has 0 unspecified atom stereocenters. The van der Waals surface area contributed by atoms with Crippen LogP contribution in [0.4, 0.5) is 16.2 Å². The van der Waals surface area contributed by atoms with Gasteiger partial charge >= 0.3 is 12.0 Å². The molecule has 10 heteroatoms. The molecule has 0 spiro atoms. The van der Waals surface area contributed by atoms with Gasteiger partial charge in [0.1, 0.15) is 6.54 Å². The van der Waals surface area contributed by atoms with Crippen molar-refractivity contribution in [2.45, 2.75) is 32.4 Å². The SMILES string of the molecule is C[C@@H]1CN(C(=O)c2ccc(N3CCCC3=O)cc2Cl)c2ccccc2CN1C(=O)NCC(=O)O. The minimum absolute atomic E-state index is 0.0340. The molecular weight excluding hydrogens is 460 g/mol. The first-order valence-electron chi connectivity index (χ1n) is 11.0. The Kier molecular flexibility index (Phi) is 6.74. The Morgan fingerprint density at radius 2 is 1.94 bits per heavy atom. The number of amides is 4. The molecule has 4 rings (SSSR count). The minimum Gasteiger partial charge on any atom is -0.480 e. The van der Waals surface area contributed by atoms with Crippen LogP contribution in [-0.2, 0) is 16.1 Å². The Hall–Kier alpha value is -3.59. The average molecular weight is 485 g/mol. The number of hydrogen-bond acceptors (Lipinski definition) is 4. The van der Waals surface area contributed by atoms with Gasteiger partial charge in [0.05, 0.1) is 10.6 Å². The monoisotopic (exact) mass is 484 g/mol. The van der Waals surface area contributed by atoms with Gasteiger partial charge in [-0.15, -0.1) is 0 Å². The van der Waals surface area contributed by atoms with Crippen LogP contribution in [-0.4, -0.2) is 59.5 Å². The highest BCUT2D eigenvalue weighted by atomic mass is 35.5. The number of rotatable bonds is 4. The first-order valence-corrected chi connectivity index (χ1v) is 11.4. The summed E-state index contributed by atoms with van der Waals surface area (Å²) >= 11 is 6.51. The third kappa shape index (κ3) is 4.70. The van der Waals surface area contributed by atoms with E-state index in [1.807, 2.05) is 24.3 Å². The maximum absolute atomic E-state index is 13.6. The van der Waals surface area contributed by atoms with E-state index in [-0.39, 0.29) is 29.9 Å². The van der Waals surface area contributed by atoms with E-state index < -0.39 is 24.6 Å². The van der Waals surface area contributed by atoms with Gasteiger partial charge in [0.15, 0.2) is 0 Å². The lowest BCUT2D eigenvalue weighted by Crippen LogP contribution is -2.49. The van der Waals surface area contributed by atoms with Crippen LogP contribution in [0.5, 0.6) is 0 Å². The fraction of sp³-hybridized carbons (Fsp3) is 0.333. The number of aliphatic carboxylic acids is 1. The van der Waals surface area contributed by atoms with Crippen LogP contribution in [0.1, 0.15) is 35.7 Å². The summed E-state index contributed by atoms with van der Waals surface area (Å²) < 4.78 is 0. The van der Waals surface area contributed by atoms with Gasteiger partial charge in [0.25, 0.3) is 5.91 Å². The second kappa shape index (κ2) is 9.72. The molecule has 0 saturated carbocycles. The Morgan fingerprint density at radius 1 is 1.18 bits per heavy atom. The Labute approximate surface area is 201 Å². The molecule has 0 bridgehead atoms. The minimum atomic E-state index is -1.14. The largest absolute Gasteiger partial charge is 0.480 e. The zero-order valence-corrected chi connectivity index (χ0v) is 19.4. The molecule has 2 heterocycles. The van der Waals surface area contributed by atoms with Gasteiger partial charge in [-0.25, -0.2) is 4.79 Å². The van der Waals surface area contributed by atoms with Crippen LogP contribution in [0.3, 0.4) is 0 Å². The molecule has 2 aromatic carbocycles. The third-order valence-corrected chi connectivity index (χ3v) is 6.38. The molecule has 2 aliphatic heterocycles. The summed E-state index contributed by atoms with van der Waals surface area (Å²) in [5, 5.41) is 11.5. The first kappa shape index (κ1) is 23.6. The lowest BCUT2D eigenvalue weighted by molar-refractivity contribution is -0.135. The van der Waals surface area contributed by atoms with Gasteiger partial charge in [0, 0.05) is 43.5 Å². The highest BCUT2D eigenvalue weighted by molar-refractivity contribution is 6.35. The number of nitrogens with zero attached hydrogens (tertiary/aromatic N) is 3. The molecule has 178 valence electrons. The lowest BCUT2D eigenvalue weighted by Gasteiger charge is -2.29. The van der Waals surface area contributed by atoms with Gasteiger partial charge in [-0.2, -0.15) is 0 Å². The highest BCUT2D eigenvalue weighted by Crippen LogP contribution is 2.32. The molecule has 1 fully saturated rings. The predicted molar refractivity (Wildman–Crippen MR) is 127 cm³/mol. The number of carboxylic acid groups (broad SMARTS) is 1. The van der Waals surface area contributed by atoms with Gasteiger partial charge in [-0.3, -0.25) is 14.4 Å². The summed E-state index contributed by atoms with van der Waals surface area (Å²) in [7, 11) is 0. The maximum atomic E-state index is 13.6. The Bertz CT molecular complexity index is 1150. The smallest absolute Gasteiger partial charge is 0.323 e. The van der Waals surface area contributed by atoms with E-state index in [1.165, 1.54) is 4.90 Å². The summed E-state index contributed by atoms with van der Waals surface area (Å²) in [6.45, 7) is 2.35. The number of nitrogens with one attached hydrogen (secondary N) is 1. The fourth-order valence-corrected chi connectivity index (χ4v) is 4.59. The fourth-order valence-electron chi connectivity index (χ4n) is 4.34. The number of para-hydroxylation sites is 1. The molecule has 9 nitrogen and oxygen atoms in total. The van der Waals surface area contributed by atoms with Crippen LogP contribution in [0, 0.1) is 0 Å². The zero-order valence-electron chi connectivity index (χ0n) is 18.7. The van der Waals surface area contributed by atoms with Crippen LogP contribution in [0.2, 0.25) is 5.02 Å². The van der Waals surface area contributed by atoms with E-state index in [2.05, 4.69) is 5.32 Å². The van der Waals surface area contributed by atoms with Crippen LogP contribution in [0.15, 0.2) is 42.5 Å². The number of anilines is 2. The first-order chi connectivity index (χ1) is 16.3. The van der Waals surface area contributed by atoms with Crippen molar-refractivity contribution < 1.29 is 24.3 Å². The molecule has 0 radical (unpaired) electrons. The summed E-state index contributed by atoms with van der Waals surface area (Å²) in [6.07, 6.45) is 1.29. The van der Waals surface area contributed by atoms with Gasteiger partial charge in [-0.1, -0.05) is 29.8 Å². The van der Waals surface area contributed by atoms with Crippen molar-refractivity contribution in [1.82, 2.24) is 10.2 Å². The van der Waals surface area contributed by atoms with E-state index in [1.54, 1.807) is 34.9 Å². The molecule has 2 aliphatic rings. The third-order valence-electron chi connectivity index (χ3n) is 6.07. The van der Waals surface area contributed by atoms with Crippen molar-refractivity contribution in [3.8, 4) is 0 Å². The van der Waals surface area contributed by atoms with Crippen molar-refractivity contribution in [2.24, 2.45) is 0 Å². The van der Waals surface area contributed by atoms with Crippen LogP contribution >= 0.6 is 11.6 Å². The molecule has 0 aliphatic carbocycles. The maximum Gasteiger partial charge on any atom is 0.323 e. The van der Waals surface area contributed by atoms with E-state index in [0.29, 0.717) is 29.9 Å². The van der Waals surface area contributed by atoms with E-state index >= 15 is 0 Å². The Morgan fingerprint density at radius 3 is 2.62 bits per heavy atom. The second-order valence-electron chi connectivity index (χ2n) is 8.39. The quantitative estimate of drug-likeness (QED) is 0.692. The lowest BCUT2D eigenvalue weighted by atomic mass is 10.1. The van der Waals surface area contributed by atoms with E-state index in [0.717, 1.165) is 12.0 Å². The summed E-state index contributed by atoms with van der Waals surface area (Å²) in [5.74, 6) is -1.43. The number of benzene rings is 2. The molecule has 2 N–H and O–H groups in total. The zero-order chi connectivity index (χ0) is 24.4. The van der Waals surface area contributed by atoms with E-state index in [9.17, 15) is 19.2 Å². The molecule has 0 aromatic heterocycles. The number of carbonyl (C=O) groups is 4.